The molecule has 1 aromatic heterocycles. The third-order valence-electron chi connectivity index (χ3n) is 7.87. The maximum absolute atomic E-state index is 13.9. The first-order valence-corrected chi connectivity index (χ1v) is 13.0. The average Bonchev–Trinajstić information content (AvgIpc) is 2.94. The van der Waals surface area contributed by atoms with Gasteiger partial charge in [0.25, 0.3) is 0 Å². The lowest BCUT2D eigenvalue weighted by molar-refractivity contribution is 0.0233. The molecule has 5 nitrogen and oxygen atoms in total. The van der Waals surface area contributed by atoms with Crippen LogP contribution in [0.4, 0.5) is 17.6 Å². The number of pyridine rings is 1. The summed E-state index contributed by atoms with van der Waals surface area (Å²) in [6.07, 6.45) is 3.64. The van der Waals surface area contributed by atoms with E-state index in [2.05, 4.69) is 9.88 Å². The summed E-state index contributed by atoms with van der Waals surface area (Å²) in [6, 6.07) is 6.87. The zero-order valence-corrected chi connectivity index (χ0v) is 21.5. The minimum atomic E-state index is -1.18. The Morgan fingerprint density at radius 3 is 2.55 bits per heavy atom. The van der Waals surface area contributed by atoms with E-state index in [0.29, 0.717) is 85.6 Å². The molecule has 1 saturated heterocycles. The van der Waals surface area contributed by atoms with Gasteiger partial charge in [-0.1, -0.05) is 0 Å². The highest BCUT2D eigenvalue weighted by Crippen LogP contribution is 2.40. The molecule has 2 aromatic carbocycles. The Hall–Kier alpha value is -2.75. The predicted octanol–water partition coefficient (Wildman–Crippen LogP) is 5.65. The minimum Gasteiger partial charge on any atom is -0.497 e. The molecule has 1 unspecified atom stereocenters. The van der Waals surface area contributed by atoms with Crippen LogP contribution in [0.25, 0.3) is 10.9 Å². The van der Waals surface area contributed by atoms with E-state index in [1.807, 2.05) is 0 Å². The van der Waals surface area contributed by atoms with Gasteiger partial charge in [-0.05, 0) is 99.0 Å². The Bertz CT molecular complexity index is 1240. The molecule has 1 fully saturated rings. The molecule has 2 heterocycles. The van der Waals surface area contributed by atoms with E-state index in [1.165, 1.54) is 6.20 Å². The standard InChI is InChI=1S/C29H34F4N2O3/c1-38-22-4-5-25-23(15-22)27(20(16-30)17-34-25)26(37)6-7-29(18-36)8-11-35(12-9-29)10-2-3-19-13-21(31)14-24(32)28(19)33/h4-5,13-15,17,26,36-37H,2-3,6-12,16,18H2,1H3. The molecule has 38 heavy (non-hydrogen) atoms. The Kier molecular flexibility index (Phi) is 9.23. The van der Waals surface area contributed by atoms with Crippen LogP contribution in [0.3, 0.4) is 0 Å². The summed E-state index contributed by atoms with van der Waals surface area (Å²) in [7, 11) is 1.54. The molecule has 0 radical (unpaired) electrons. The first-order valence-electron chi connectivity index (χ1n) is 13.0. The number of nitrogens with zero attached hydrogens (tertiary/aromatic N) is 2. The van der Waals surface area contributed by atoms with Crippen molar-refractivity contribution in [3.05, 3.63) is 70.7 Å². The second kappa shape index (κ2) is 12.4. The van der Waals surface area contributed by atoms with Crippen molar-refractivity contribution in [2.24, 2.45) is 5.41 Å². The molecule has 206 valence electrons. The fourth-order valence-electron chi connectivity index (χ4n) is 5.47. The lowest BCUT2D eigenvalue weighted by Gasteiger charge is -2.41. The molecular weight excluding hydrogens is 500 g/mol. The van der Waals surface area contributed by atoms with E-state index in [1.54, 1.807) is 25.3 Å². The molecule has 1 atom stereocenters. The number of methoxy groups -OCH3 is 1. The Morgan fingerprint density at radius 2 is 1.87 bits per heavy atom. The fourth-order valence-corrected chi connectivity index (χ4v) is 5.47. The van der Waals surface area contributed by atoms with Crippen molar-refractivity contribution >= 4 is 10.9 Å². The lowest BCUT2D eigenvalue weighted by Crippen LogP contribution is -2.42. The number of piperidine rings is 1. The van der Waals surface area contributed by atoms with E-state index >= 15 is 0 Å². The SMILES string of the molecule is COc1ccc2ncc(CF)c(C(O)CCC3(CO)CCN(CCCc4cc(F)cc(F)c4F)CC3)c2c1. The number of fused-ring (bicyclic) bond motifs is 1. The third-order valence-corrected chi connectivity index (χ3v) is 7.87. The van der Waals surface area contributed by atoms with Crippen molar-refractivity contribution in [2.45, 2.75) is 51.3 Å². The number of benzene rings is 2. The monoisotopic (exact) mass is 534 g/mol. The van der Waals surface area contributed by atoms with Gasteiger partial charge in [-0.25, -0.2) is 17.6 Å². The molecule has 0 aliphatic carbocycles. The third kappa shape index (κ3) is 6.27. The average molecular weight is 535 g/mol. The van der Waals surface area contributed by atoms with Gasteiger partial charge in [-0.3, -0.25) is 4.98 Å². The second-order valence-corrected chi connectivity index (χ2v) is 10.2. The maximum atomic E-state index is 13.9. The van der Waals surface area contributed by atoms with E-state index < -0.39 is 30.2 Å². The largest absolute Gasteiger partial charge is 0.497 e. The van der Waals surface area contributed by atoms with Crippen LogP contribution in [0.2, 0.25) is 0 Å². The molecule has 4 rings (SSSR count). The number of ether oxygens (including phenoxy) is 1. The summed E-state index contributed by atoms with van der Waals surface area (Å²) in [6.45, 7) is 1.29. The van der Waals surface area contributed by atoms with Crippen molar-refractivity contribution in [2.75, 3.05) is 33.4 Å². The van der Waals surface area contributed by atoms with Crippen LogP contribution in [0.1, 0.15) is 54.9 Å². The summed E-state index contributed by atoms with van der Waals surface area (Å²) >= 11 is 0. The summed E-state index contributed by atoms with van der Waals surface area (Å²) in [5.41, 5.74) is 1.14. The number of aromatic nitrogens is 1. The van der Waals surface area contributed by atoms with Gasteiger partial charge >= 0.3 is 0 Å². The molecule has 1 aliphatic heterocycles. The quantitative estimate of drug-likeness (QED) is 0.246. The first-order chi connectivity index (χ1) is 18.3. The lowest BCUT2D eigenvalue weighted by atomic mass is 9.74. The van der Waals surface area contributed by atoms with Crippen molar-refractivity contribution in [3.63, 3.8) is 0 Å². The summed E-state index contributed by atoms with van der Waals surface area (Å²) in [4.78, 5) is 6.50. The molecule has 1 aliphatic rings. The highest BCUT2D eigenvalue weighted by molar-refractivity contribution is 5.85. The van der Waals surface area contributed by atoms with Crippen LogP contribution in [0, 0.1) is 22.9 Å². The summed E-state index contributed by atoms with van der Waals surface area (Å²) < 4.78 is 59.9. The Labute approximate surface area is 220 Å². The molecule has 3 aromatic rings. The van der Waals surface area contributed by atoms with Crippen LogP contribution in [0.5, 0.6) is 5.75 Å². The number of halogens is 4. The summed E-state index contributed by atoms with van der Waals surface area (Å²) in [5, 5.41) is 22.1. The second-order valence-electron chi connectivity index (χ2n) is 10.2. The van der Waals surface area contributed by atoms with E-state index in [0.717, 1.165) is 6.07 Å². The number of alkyl halides is 1. The van der Waals surface area contributed by atoms with E-state index in [9.17, 15) is 27.8 Å². The fraction of sp³-hybridized carbons (Fsp3) is 0.483. The molecule has 0 amide bonds. The Morgan fingerprint density at radius 1 is 1.11 bits per heavy atom. The Balaban J connectivity index is 1.35. The van der Waals surface area contributed by atoms with E-state index in [-0.39, 0.29) is 24.0 Å². The van der Waals surface area contributed by atoms with Crippen molar-refractivity contribution in [1.29, 1.82) is 0 Å². The van der Waals surface area contributed by atoms with Gasteiger partial charge in [0.05, 0.1) is 18.7 Å². The van der Waals surface area contributed by atoms with Crippen molar-refractivity contribution in [3.8, 4) is 5.75 Å². The van der Waals surface area contributed by atoms with Crippen LogP contribution in [0.15, 0.2) is 36.5 Å². The van der Waals surface area contributed by atoms with E-state index in [4.69, 9.17) is 4.74 Å². The highest BCUT2D eigenvalue weighted by atomic mass is 19.2. The molecule has 9 heteroatoms. The highest BCUT2D eigenvalue weighted by Gasteiger charge is 2.34. The van der Waals surface area contributed by atoms with Gasteiger partial charge in [0.1, 0.15) is 18.2 Å². The predicted molar refractivity (Wildman–Crippen MR) is 137 cm³/mol. The molecule has 0 spiro atoms. The number of aryl methyl sites for hydroxylation is 1. The number of hydrogen-bond donors (Lipinski definition) is 2. The van der Waals surface area contributed by atoms with Crippen LogP contribution >= 0.6 is 0 Å². The summed E-state index contributed by atoms with van der Waals surface area (Å²) in [5.74, 6) is -2.37. The van der Waals surface area contributed by atoms with Gasteiger partial charge in [0.15, 0.2) is 11.6 Å². The van der Waals surface area contributed by atoms with Gasteiger partial charge in [-0.15, -0.1) is 0 Å². The normalized spacial score (nSPS) is 16.6. The number of aliphatic hydroxyl groups is 2. The number of hydrogen-bond acceptors (Lipinski definition) is 5. The molecule has 0 saturated carbocycles. The van der Waals surface area contributed by atoms with Gasteiger partial charge in [0.2, 0.25) is 0 Å². The van der Waals surface area contributed by atoms with Gasteiger partial charge in [0, 0.05) is 29.8 Å². The minimum absolute atomic E-state index is 0.0256. The number of likely N-dealkylation sites (tertiary alicyclic amines) is 1. The zero-order valence-electron chi connectivity index (χ0n) is 21.5. The van der Waals surface area contributed by atoms with Crippen molar-refractivity contribution in [1.82, 2.24) is 9.88 Å². The smallest absolute Gasteiger partial charge is 0.162 e. The van der Waals surface area contributed by atoms with Crippen LogP contribution in [-0.4, -0.2) is 53.4 Å². The van der Waals surface area contributed by atoms with Crippen LogP contribution < -0.4 is 4.74 Å². The zero-order chi connectivity index (χ0) is 27.3. The van der Waals surface area contributed by atoms with Gasteiger partial charge in [-0.2, -0.15) is 0 Å². The number of aliphatic hydroxyl groups excluding tert-OH is 2. The maximum Gasteiger partial charge on any atom is 0.162 e. The van der Waals surface area contributed by atoms with Gasteiger partial charge < -0.3 is 19.8 Å². The van der Waals surface area contributed by atoms with Crippen molar-refractivity contribution < 1.29 is 32.5 Å². The molecule has 2 N–H and O–H groups in total. The molecular formula is C29H34F4N2O3. The number of rotatable bonds is 11. The first kappa shape index (κ1) is 28.3. The van der Waals surface area contributed by atoms with Crippen LogP contribution in [-0.2, 0) is 13.1 Å². The molecule has 0 bridgehead atoms. The topological polar surface area (TPSA) is 65.8 Å².